The van der Waals surface area contributed by atoms with Crippen molar-refractivity contribution in [3.63, 3.8) is 0 Å². The zero-order valence-corrected chi connectivity index (χ0v) is 24.9. The number of methoxy groups -OCH3 is 3. The van der Waals surface area contributed by atoms with Gasteiger partial charge in [0.1, 0.15) is 11.1 Å². The Morgan fingerprint density at radius 2 is 1.57 bits per heavy atom. The second-order valence-corrected chi connectivity index (χ2v) is 11.8. The van der Waals surface area contributed by atoms with Crippen LogP contribution in [0.5, 0.6) is 17.2 Å². The minimum atomic E-state index is -3.86. The van der Waals surface area contributed by atoms with Gasteiger partial charge in [0, 0.05) is 16.8 Å². The molecule has 1 heterocycles. The first-order chi connectivity index (χ1) is 20.1. The number of thioether (sulfide) groups is 1. The van der Waals surface area contributed by atoms with Gasteiger partial charge in [-0.3, -0.25) is 4.79 Å². The molecule has 216 valence electrons. The molecule has 0 aliphatic heterocycles. The minimum Gasteiger partial charge on any atom is -0.493 e. The number of carbonyl (C=O) groups is 1. The number of sulfonamides is 1. The Bertz CT molecular complexity index is 1730. The average molecular weight is 605 g/mol. The molecule has 0 aliphatic carbocycles. The van der Waals surface area contributed by atoms with E-state index in [9.17, 15) is 18.5 Å². The number of pyridine rings is 1. The van der Waals surface area contributed by atoms with Gasteiger partial charge in [0.15, 0.2) is 11.5 Å². The predicted octanol–water partition coefficient (Wildman–Crippen LogP) is 5.08. The van der Waals surface area contributed by atoms with Crippen LogP contribution in [0.15, 0.2) is 82.7 Å². The Labute approximate surface area is 248 Å². The molecule has 0 radical (unpaired) electrons. The van der Waals surface area contributed by atoms with E-state index < -0.39 is 15.3 Å². The van der Waals surface area contributed by atoms with E-state index in [4.69, 9.17) is 24.3 Å². The SMILES string of the molecule is COc1cc(-c2cc(-c3ccccc3)nc(SC(C)C(=O)Nc3ccc(S(N)(=O)=O)cc3)c2C#N)cc(OC)c1OC. The van der Waals surface area contributed by atoms with E-state index in [0.717, 1.165) is 17.3 Å². The third-order valence-corrected chi connectivity index (χ3v) is 8.27. The van der Waals surface area contributed by atoms with Crippen LogP contribution in [-0.2, 0) is 14.8 Å². The summed E-state index contributed by atoms with van der Waals surface area (Å²) in [6, 6.07) is 22.6. The lowest BCUT2D eigenvalue weighted by Gasteiger charge is -2.18. The molecule has 0 spiro atoms. The highest BCUT2D eigenvalue weighted by Gasteiger charge is 2.23. The van der Waals surface area contributed by atoms with Crippen LogP contribution in [0, 0.1) is 11.3 Å². The maximum atomic E-state index is 13.1. The lowest BCUT2D eigenvalue weighted by molar-refractivity contribution is -0.115. The fourth-order valence-corrected chi connectivity index (χ4v) is 5.57. The molecule has 1 atom stereocenters. The van der Waals surface area contributed by atoms with Gasteiger partial charge < -0.3 is 19.5 Å². The van der Waals surface area contributed by atoms with Crippen molar-refractivity contribution in [2.45, 2.75) is 22.1 Å². The number of nitrogens with one attached hydrogen (secondary N) is 1. The van der Waals surface area contributed by atoms with Crippen LogP contribution in [0.2, 0.25) is 0 Å². The highest BCUT2D eigenvalue weighted by molar-refractivity contribution is 8.00. The number of aromatic nitrogens is 1. The second kappa shape index (κ2) is 12.9. The monoisotopic (exact) mass is 604 g/mol. The van der Waals surface area contributed by atoms with Gasteiger partial charge in [-0.05, 0) is 55.0 Å². The van der Waals surface area contributed by atoms with Crippen LogP contribution in [0.3, 0.4) is 0 Å². The van der Waals surface area contributed by atoms with Crippen molar-refractivity contribution in [2.24, 2.45) is 5.14 Å². The summed E-state index contributed by atoms with van der Waals surface area (Å²) in [5, 5.41) is 17.9. The topological polar surface area (TPSA) is 154 Å². The number of amides is 1. The van der Waals surface area contributed by atoms with Crippen molar-refractivity contribution in [3.05, 3.63) is 78.4 Å². The van der Waals surface area contributed by atoms with Crippen molar-refractivity contribution >= 4 is 33.4 Å². The van der Waals surface area contributed by atoms with Gasteiger partial charge in [-0.1, -0.05) is 42.1 Å². The fourth-order valence-electron chi connectivity index (χ4n) is 4.13. The standard InChI is InChI=1S/C30H28N4O6S2/c1-18(29(35)33-21-10-12-22(13-11-21)42(32,36)37)41-30-24(17-31)23(16-25(34-30)19-8-6-5-7-9-19)20-14-26(38-2)28(40-4)27(15-20)39-3/h5-16,18H,1-4H3,(H,33,35)(H2,32,36,37). The largest absolute Gasteiger partial charge is 0.493 e. The van der Waals surface area contributed by atoms with Gasteiger partial charge in [-0.25, -0.2) is 18.5 Å². The summed E-state index contributed by atoms with van der Waals surface area (Å²) in [5.74, 6) is 0.888. The molecule has 0 saturated heterocycles. The maximum absolute atomic E-state index is 13.1. The number of anilines is 1. The predicted molar refractivity (Wildman–Crippen MR) is 161 cm³/mol. The zero-order chi connectivity index (χ0) is 30.4. The lowest BCUT2D eigenvalue weighted by Crippen LogP contribution is -2.22. The first kappa shape index (κ1) is 30.4. The van der Waals surface area contributed by atoms with E-state index in [1.165, 1.54) is 45.6 Å². The summed E-state index contributed by atoms with van der Waals surface area (Å²) in [4.78, 5) is 17.8. The molecule has 4 aromatic rings. The number of nitrogens with two attached hydrogens (primary N) is 1. The van der Waals surface area contributed by atoms with Crippen LogP contribution in [0.4, 0.5) is 5.69 Å². The first-order valence-electron chi connectivity index (χ1n) is 12.5. The molecule has 0 aliphatic rings. The molecule has 0 saturated carbocycles. The van der Waals surface area contributed by atoms with Gasteiger partial charge in [0.05, 0.1) is 42.7 Å². The fraction of sp³-hybridized carbons (Fsp3) is 0.167. The van der Waals surface area contributed by atoms with Gasteiger partial charge in [-0.15, -0.1) is 0 Å². The number of nitriles is 1. The van der Waals surface area contributed by atoms with Crippen LogP contribution in [-0.4, -0.2) is 45.9 Å². The van der Waals surface area contributed by atoms with Gasteiger partial charge in [-0.2, -0.15) is 5.26 Å². The quantitative estimate of drug-likeness (QED) is 0.236. The van der Waals surface area contributed by atoms with Crippen molar-refractivity contribution in [1.29, 1.82) is 5.26 Å². The number of nitrogens with zero attached hydrogens (tertiary/aromatic N) is 2. The first-order valence-corrected chi connectivity index (χ1v) is 14.9. The van der Waals surface area contributed by atoms with Crippen LogP contribution in [0.1, 0.15) is 12.5 Å². The van der Waals surface area contributed by atoms with Gasteiger partial charge >= 0.3 is 0 Å². The number of rotatable bonds is 10. The third kappa shape index (κ3) is 6.66. The summed E-state index contributed by atoms with van der Waals surface area (Å²) in [6.07, 6.45) is 0. The van der Waals surface area contributed by atoms with E-state index in [0.29, 0.717) is 44.8 Å². The molecule has 3 aromatic carbocycles. The molecule has 4 rings (SSSR count). The van der Waals surface area contributed by atoms with E-state index in [1.807, 2.05) is 36.4 Å². The highest BCUT2D eigenvalue weighted by atomic mass is 32.2. The van der Waals surface area contributed by atoms with Crippen LogP contribution >= 0.6 is 11.8 Å². The molecular weight excluding hydrogens is 576 g/mol. The number of hydrogen-bond acceptors (Lipinski definition) is 9. The van der Waals surface area contributed by atoms with Crippen molar-refractivity contribution < 1.29 is 27.4 Å². The average Bonchev–Trinajstić information content (AvgIpc) is 3.00. The van der Waals surface area contributed by atoms with E-state index in [1.54, 1.807) is 19.1 Å². The third-order valence-electron chi connectivity index (χ3n) is 6.25. The van der Waals surface area contributed by atoms with E-state index in [-0.39, 0.29) is 16.4 Å². The molecule has 42 heavy (non-hydrogen) atoms. The van der Waals surface area contributed by atoms with E-state index >= 15 is 0 Å². The number of primary sulfonamides is 1. The Kier molecular flexibility index (Phi) is 9.37. The summed E-state index contributed by atoms with van der Waals surface area (Å²) in [7, 11) is 0.676. The highest BCUT2D eigenvalue weighted by Crippen LogP contribution is 2.43. The second-order valence-electron chi connectivity index (χ2n) is 8.95. The molecule has 1 amide bonds. The summed E-state index contributed by atoms with van der Waals surface area (Å²) in [6.45, 7) is 1.69. The minimum absolute atomic E-state index is 0.0668. The normalized spacial score (nSPS) is 11.7. The number of benzene rings is 3. The Morgan fingerprint density at radius 3 is 2.10 bits per heavy atom. The van der Waals surface area contributed by atoms with Crippen LogP contribution < -0.4 is 24.7 Å². The molecular formula is C30H28N4O6S2. The van der Waals surface area contributed by atoms with Crippen molar-refractivity contribution in [2.75, 3.05) is 26.6 Å². The van der Waals surface area contributed by atoms with Gasteiger partial charge in [0.2, 0.25) is 21.7 Å². The lowest BCUT2D eigenvalue weighted by atomic mass is 9.98. The number of hydrogen-bond donors (Lipinski definition) is 2. The molecule has 0 fully saturated rings. The van der Waals surface area contributed by atoms with E-state index in [2.05, 4.69) is 11.4 Å². The van der Waals surface area contributed by atoms with Gasteiger partial charge in [0.25, 0.3) is 0 Å². The number of ether oxygens (including phenoxy) is 3. The number of carbonyl (C=O) groups excluding carboxylic acids is 1. The smallest absolute Gasteiger partial charge is 0.238 e. The van der Waals surface area contributed by atoms with Crippen molar-refractivity contribution in [3.8, 4) is 45.7 Å². The molecule has 12 heteroatoms. The molecule has 10 nitrogen and oxygen atoms in total. The van der Waals surface area contributed by atoms with Crippen LogP contribution in [0.25, 0.3) is 22.4 Å². The summed E-state index contributed by atoms with van der Waals surface area (Å²) in [5.41, 5.74) is 3.29. The Morgan fingerprint density at radius 1 is 0.952 bits per heavy atom. The Balaban J connectivity index is 1.76. The van der Waals surface area contributed by atoms with Crippen molar-refractivity contribution in [1.82, 2.24) is 4.98 Å². The Hall–Kier alpha value is -4.57. The molecule has 1 aromatic heterocycles. The summed E-state index contributed by atoms with van der Waals surface area (Å²) >= 11 is 1.13. The summed E-state index contributed by atoms with van der Waals surface area (Å²) < 4.78 is 39.6. The molecule has 0 bridgehead atoms. The molecule has 3 N–H and O–H groups in total. The molecule has 1 unspecified atom stereocenters. The zero-order valence-electron chi connectivity index (χ0n) is 23.2. The maximum Gasteiger partial charge on any atom is 0.238 e.